The lowest BCUT2D eigenvalue weighted by atomic mass is 10.1. The largest absolute Gasteiger partial charge is 0.495 e. The molecule has 0 spiro atoms. The van der Waals surface area contributed by atoms with Gasteiger partial charge in [0.1, 0.15) is 10.6 Å². The SMILES string of the molecule is COC(=O)c1ccc(OC)c(S(=O)(=O)NC[C@@H](O)c2ccc3c(ccn3C)c2)c1. The van der Waals surface area contributed by atoms with Gasteiger partial charge in [-0.3, -0.25) is 0 Å². The van der Waals surface area contributed by atoms with Gasteiger partial charge in [-0.2, -0.15) is 0 Å². The third-order valence-corrected chi connectivity index (χ3v) is 6.08. The average molecular weight is 418 g/mol. The summed E-state index contributed by atoms with van der Waals surface area (Å²) in [6, 6.07) is 11.3. The molecule has 8 nitrogen and oxygen atoms in total. The molecule has 154 valence electrons. The molecule has 0 aliphatic heterocycles. The van der Waals surface area contributed by atoms with Crippen LogP contribution in [0.4, 0.5) is 0 Å². The van der Waals surface area contributed by atoms with Gasteiger partial charge in [0.2, 0.25) is 10.0 Å². The fraction of sp³-hybridized carbons (Fsp3) is 0.250. The number of aryl methyl sites for hydroxylation is 1. The molecule has 0 radical (unpaired) electrons. The molecule has 2 N–H and O–H groups in total. The first-order valence-corrected chi connectivity index (χ1v) is 10.2. The molecule has 29 heavy (non-hydrogen) atoms. The number of aromatic nitrogens is 1. The summed E-state index contributed by atoms with van der Waals surface area (Å²) in [6.07, 6.45) is 0.855. The van der Waals surface area contributed by atoms with Crippen molar-refractivity contribution in [3.05, 3.63) is 59.8 Å². The zero-order valence-corrected chi connectivity index (χ0v) is 17.1. The number of fused-ring (bicyclic) bond motifs is 1. The number of methoxy groups -OCH3 is 2. The number of rotatable bonds is 7. The number of aliphatic hydroxyl groups is 1. The van der Waals surface area contributed by atoms with E-state index in [-0.39, 0.29) is 22.8 Å². The number of nitrogens with zero attached hydrogens (tertiary/aromatic N) is 1. The van der Waals surface area contributed by atoms with E-state index >= 15 is 0 Å². The first-order chi connectivity index (χ1) is 13.8. The molecule has 1 heterocycles. The Morgan fingerprint density at radius 1 is 1.17 bits per heavy atom. The average Bonchev–Trinajstić information content (AvgIpc) is 3.11. The highest BCUT2D eigenvalue weighted by Crippen LogP contribution is 2.26. The highest BCUT2D eigenvalue weighted by atomic mass is 32.2. The first kappa shape index (κ1) is 20.8. The quantitative estimate of drug-likeness (QED) is 0.568. The molecule has 0 aliphatic rings. The lowest BCUT2D eigenvalue weighted by molar-refractivity contribution is 0.0600. The summed E-state index contributed by atoms with van der Waals surface area (Å²) in [5, 5.41) is 11.4. The van der Waals surface area contributed by atoms with Crippen LogP contribution in [-0.2, 0) is 21.8 Å². The number of carbonyl (C=O) groups excluding carboxylic acids is 1. The maximum absolute atomic E-state index is 12.8. The maximum Gasteiger partial charge on any atom is 0.337 e. The zero-order valence-electron chi connectivity index (χ0n) is 16.2. The molecular weight excluding hydrogens is 396 g/mol. The number of aliphatic hydroxyl groups excluding tert-OH is 1. The van der Waals surface area contributed by atoms with Crippen molar-refractivity contribution in [3.63, 3.8) is 0 Å². The van der Waals surface area contributed by atoms with Crippen molar-refractivity contribution < 1.29 is 27.8 Å². The molecule has 2 aromatic carbocycles. The maximum atomic E-state index is 12.8. The van der Waals surface area contributed by atoms with Gasteiger partial charge >= 0.3 is 5.97 Å². The molecule has 0 bridgehead atoms. The molecule has 3 rings (SSSR count). The Morgan fingerprint density at radius 2 is 1.93 bits per heavy atom. The van der Waals surface area contributed by atoms with Crippen molar-refractivity contribution in [1.29, 1.82) is 0 Å². The molecule has 0 saturated heterocycles. The molecule has 0 unspecified atom stereocenters. The van der Waals surface area contributed by atoms with Gasteiger partial charge in [0.05, 0.1) is 25.9 Å². The number of hydrogen-bond acceptors (Lipinski definition) is 6. The van der Waals surface area contributed by atoms with Gasteiger partial charge in [-0.1, -0.05) is 6.07 Å². The zero-order chi connectivity index (χ0) is 21.2. The second-order valence-corrected chi connectivity index (χ2v) is 8.21. The van der Waals surface area contributed by atoms with Gasteiger partial charge in [-0.15, -0.1) is 0 Å². The molecule has 1 atom stereocenters. The van der Waals surface area contributed by atoms with Crippen LogP contribution in [0.2, 0.25) is 0 Å². The van der Waals surface area contributed by atoms with Crippen molar-refractivity contribution in [2.75, 3.05) is 20.8 Å². The molecule has 0 amide bonds. The Hall–Kier alpha value is -2.88. The van der Waals surface area contributed by atoms with E-state index in [1.807, 2.05) is 36.0 Å². The van der Waals surface area contributed by atoms with Crippen LogP contribution in [-0.4, -0.2) is 44.8 Å². The van der Waals surface area contributed by atoms with E-state index in [0.29, 0.717) is 5.56 Å². The number of ether oxygens (including phenoxy) is 2. The Kier molecular flexibility index (Phi) is 5.92. The number of benzene rings is 2. The fourth-order valence-corrected chi connectivity index (χ4v) is 4.25. The minimum atomic E-state index is -4.06. The number of esters is 1. The van der Waals surface area contributed by atoms with Crippen LogP contribution in [0.1, 0.15) is 22.0 Å². The van der Waals surface area contributed by atoms with E-state index in [2.05, 4.69) is 9.46 Å². The molecular formula is C20H22N2O6S. The van der Waals surface area contributed by atoms with Crippen LogP contribution in [0.3, 0.4) is 0 Å². The Balaban J connectivity index is 1.82. The van der Waals surface area contributed by atoms with E-state index in [4.69, 9.17) is 4.74 Å². The predicted molar refractivity (Wildman–Crippen MR) is 107 cm³/mol. The highest BCUT2D eigenvalue weighted by molar-refractivity contribution is 7.89. The molecule has 0 aliphatic carbocycles. The van der Waals surface area contributed by atoms with Crippen molar-refractivity contribution >= 4 is 26.9 Å². The summed E-state index contributed by atoms with van der Waals surface area (Å²) in [5.74, 6) is -0.592. The topological polar surface area (TPSA) is 107 Å². The first-order valence-electron chi connectivity index (χ1n) is 8.76. The van der Waals surface area contributed by atoms with Crippen LogP contribution in [0.15, 0.2) is 53.6 Å². The fourth-order valence-electron chi connectivity index (χ4n) is 3.02. The van der Waals surface area contributed by atoms with Crippen LogP contribution >= 0.6 is 0 Å². The molecule has 1 aromatic heterocycles. The monoisotopic (exact) mass is 418 g/mol. The molecule has 0 fully saturated rings. The van der Waals surface area contributed by atoms with Crippen LogP contribution < -0.4 is 9.46 Å². The van der Waals surface area contributed by atoms with Crippen LogP contribution in [0.5, 0.6) is 5.75 Å². The second kappa shape index (κ2) is 8.24. The smallest absolute Gasteiger partial charge is 0.337 e. The third kappa shape index (κ3) is 4.26. The van der Waals surface area contributed by atoms with Crippen molar-refractivity contribution in [2.45, 2.75) is 11.0 Å². The number of carbonyl (C=O) groups is 1. The van der Waals surface area contributed by atoms with Gasteiger partial charge in [-0.25, -0.2) is 17.9 Å². The van der Waals surface area contributed by atoms with Gasteiger partial charge < -0.3 is 19.1 Å². The normalized spacial score (nSPS) is 12.7. The number of nitrogens with one attached hydrogen (secondary N) is 1. The Labute approximate surface area is 168 Å². The van der Waals surface area contributed by atoms with E-state index < -0.39 is 22.1 Å². The lowest BCUT2D eigenvalue weighted by Gasteiger charge is -2.15. The Morgan fingerprint density at radius 3 is 2.62 bits per heavy atom. The van der Waals surface area contributed by atoms with E-state index in [1.54, 1.807) is 6.07 Å². The second-order valence-electron chi connectivity index (χ2n) is 6.47. The molecule has 0 saturated carbocycles. The van der Waals surface area contributed by atoms with Gasteiger partial charge in [-0.05, 0) is 47.3 Å². The van der Waals surface area contributed by atoms with Gasteiger partial charge in [0.15, 0.2) is 0 Å². The van der Waals surface area contributed by atoms with Crippen LogP contribution in [0.25, 0.3) is 10.9 Å². The van der Waals surface area contributed by atoms with E-state index in [9.17, 15) is 18.3 Å². The number of hydrogen-bond donors (Lipinski definition) is 2. The minimum Gasteiger partial charge on any atom is -0.495 e. The third-order valence-electron chi connectivity index (χ3n) is 4.63. The standard InChI is InChI=1S/C20H22N2O6S/c1-22-9-8-13-10-14(4-6-16(13)22)17(23)12-21-29(25,26)19-11-15(20(24)28-3)5-7-18(19)27-2/h4-11,17,21,23H,12H2,1-3H3/t17-/m1/s1. The Bertz CT molecular complexity index is 1150. The van der Waals surface area contributed by atoms with E-state index in [1.165, 1.54) is 32.4 Å². The van der Waals surface area contributed by atoms with Gasteiger partial charge in [0, 0.05) is 25.3 Å². The lowest BCUT2D eigenvalue weighted by Crippen LogP contribution is -2.29. The summed E-state index contributed by atoms with van der Waals surface area (Å²) < 4.78 is 39.6. The van der Waals surface area contributed by atoms with Gasteiger partial charge in [0.25, 0.3) is 0 Å². The summed E-state index contributed by atoms with van der Waals surface area (Å²) in [4.78, 5) is 11.5. The number of sulfonamides is 1. The van der Waals surface area contributed by atoms with E-state index in [0.717, 1.165) is 10.9 Å². The molecule has 9 heteroatoms. The predicted octanol–water partition coefficient (Wildman–Crippen LogP) is 1.99. The highest BCUT2D eigenvalue weighted by Gasteiger charge is 2.23. The van der Waals surface area contributed by atoms with Crippen molar-refractivity contribution in [1.82, 2.24) is 9.29 Å². The molecule has 3 aromatic rings. The van der Waals surface area contributed by atoms with Crippen molar-refractivity contribution in [2.24, 2.45) is 7.05 Å². The summed E-state index contributed by atoms with van der Waals surface area (Å²) in [6.45, 7) is -0.244. The summed E-state index contributed by atoms with van der Waals surface area (Å²) in [7, 11) is 0.400. The minimum absolute atomic E-state index is 0.0729. The summed E-state index contributed by atoms with van der Waals surface area (Å²) >= 11 is 0. The summed E-state index contributed by atoms with van der Waals surface area (Å²) in [5.41, 5.74) is 1.66. The van der Waals surface area contributed by atoms with Crippen molar-refractivity contribution in [3.8, 4) is 5.75 Å². The van der Waals surface area contributed by atoms with Crippen LogP contribution in [0, 0.1) is 0 Å².